The number of aromatic nitrogens is 1. The van der Waals surface area contributed by atoms with Gasteiger partial charge < -0.3 is 14.2 Å². The maximum Gasteiger partial charge on any atom is 0.158 e. The Morgan fingerprint density at radius 2 is 1.92 bits per heavy atom. The summed E-state index contributed by atoms with van der Waals surface area (Å²) in [5.41, 5.74) is 4.38. The second-order valence-corrected chi connectivity index (χ2v) is 6.27. The number of aryl methyl sites for hydroxylation is 1. The number of rotatable bonds is 4. The highest BCUT2D eigenvalue weighted by atomic mass is 19.1. The maximum atomic E-state index is 13.5. The zero-order valence-electron chi connectivity index (χ0n) is 14.2. The van der Waals surface area contributed by atoms with Crippen LogP contribution in [0.3, 0.4) is 0 Å². The van der Waals surface area contributed by atoms with Crippen molar-refractivity contribution in [3.05, 3.63) is 83.9 Å². The first-order valence-electron chi connectivity index (χ1n) is 8.65. The van der Waals surface area contributed by atoms with E-state index in [0.29, 0.717) is 6.61 Å². The smallest absolute Gasteiger partial charge is 0.158 e. The zero-order valence-corrected chi connectivity index (χ0v) is 14.2. The molecule has 1 aliphatic heterocycles. The number of ether oxygens (including phenoxy) is 1. The van der Waals surface area contributed by atoms with Crippen LogP contribution in [0.1, 0.15) is 24.3 Å². The van der Waals surface area contributed by atoms with E-state index in [0.717, 1.165) is 24.2 Å². The molecule has 2 heterocycles. The van der Waals surface area contributed by atoms with Crippen molar-refractivity contribution in [3.63, 3.8) is 0 Å². The summed E-state index contributed by atoms with van der Waals surface area (Å²) < 4.78 is 21.4. The normalized spacial score (nSPS) is 17.2. The van der Waals surface area contributed by atoms with Crippen molar-refractivity contribution in [3.8, 4) is 5.69 Å². The molecule has 0 amide bonds. The highest BCUT2D eigenvalue weighted by molar-refractivity contribution is 5.50. The van der Waals surface area contributed by atoms with E-state index < -0.39 is 0 Å². The second-order valence-electron chi connectivity index (χ2n) is 6.27. The maximum absolute atomic E-state index is 13.5. The van der Waals surface area contributed by atoms with Crippen molar-refractivity contribution in [2.75, 3.05) is 18.1 Å². The molecule has 0 radical (unpaired) electrons. The van der Waals surface area contributed by atoms with Crippen molar-refractivity contribution in [2.45, 2.75) is 19.6 Å². The van der Waals surface area contributed by atoms with Gasteiger partial charge in [0.2, 0.25) is 0 Å². The lowest BCUT2D eigenvalue weighted by atomic mass is 10.1. The summed E-state index contributed by atoms with van der Waals surface area (Å²) in [7, 11) is 0. The fourth-order valence-corrected chi connectivity index (χ4v) is 3.29. The molecule has 25 heavy (non-hydrogen) atoms. The Labute approximate surface area is 147 Å². The average molecular weight is 336 g/mol. The van der Waals surface area contributed by atoms with Crippen LogP contribution in [-0.2, 0) is 11.2 Å². The topological polar surface area (TPSA) is 17.4 Å². The predicted octanol–water partition coefficient (Wildman–Crippen LogP) is 4.71. The van der Waals surface area contributed by atoms with Gasteiger partial charge in [-0.1, -0.05) is 25.1 Å². The SMILES string of the molecule is CCc1ccc(N2CCO[C@@H]2c2ccn(-c3cccc(F)c3)c2)cc1. The molecule has 4 heteroatoms. The zero-order chi connectivity index (χ0) is 17.2. The summed E-state index contributed by atoms with van der Waals surface area (Å²) in [6.45, 7) is 3.72. The number of hydrogen-bond donors (Lipinski definition) is 0. The molecule has 1 aliphatic rings. The van der Waals surface area contributed by atoms with Crippen LogP contribution in [0.25, 0.3) is 5.69 Å². The summed E-state index contributed by atoms with van der Waals surface area (Å²) in [5, 5.41) is 0. The molecule has 1 fully saturated rings. The van der Waals surface area contributed by atoms with Gasteiger partial charge in [-0.15, -0.1) is 0 Å². The first-order chi connectivity index (χ1) is 12.2. The molecule has 0 unspecified atom stereocenters. The first-order valence-corrected chi connectivity index (χ1v) is 8.65. The van der Waals surface area contributed by atoms with Crippen LogP contribution in [0.4, 0.5) is 10.1 Å². The minimum absolute atomic E-state index is 0.109. The van der Waals surface area contributed by atoms with Gasteiger partial charge in [-0.25, -0.2) is 4.39 Å². The molecule has 0 spiro atoms. The monoisotopic (exact) mass is 336 g/mol. The summed E-state index contributed by atoms with van der Waals surface area (Å²) in [6, 6.07) is 17.3. The molecule has 2 aromatic carbocycles. The van der Waals surface area contributed by atoms with Gasteiger partial charge in [-0.05, 0) is 48.4 Å². The van der Waals surface area contributed by atoms with Gasteiger partial charge in [0, 0.05) is 35.9 Å². The van der Waals surface area contributed by atoms with E-state index in [-0.39, 0.29) is 12.0 Å². The summed E-state index contributed by atoms with van der Waals surface area (Å²) in [4.78, 5) is 2.27. The van der Waals surface area contributed by atoms with Gasteiger partial charge in [0.25, 0.3) is 0 Å². The second kappa shape index (κ2) is 6.73. The lowest BCUT2D eigenvalue weighted by Gasteiger charge is -2.24. The van der Waals surface area contributed by atoms with Crippen LogP contribution < -0.4 is 4.90 Å². The van der Waals surface area contributed by atoms with Crippen molar-refractivity contribution in [1.82, 2.24) is 4.57 Å². The molecule has 1 saturated heterocycles. The van der Waals surface area contributed by atoms with Gasteiger partial charge in [0.05, 0.1) is 6.61 Å². The van der Waals surface area contributed by atoms with Gasteiger partial charge in [-0.2, -0.15) is 0 Å². The van der Waals surface area contributed by atoms with Crippen LogP contribution in [0, 0.1) is 5.82 Å². The number of benzene rings is 2. The lowest BCUT2D eigenvalue weighted by Crippen LogP contribution is -2.22. The van der Waals surface area contributed by atoms with E-state index in [4.69, 9.17) is 4.74 Å². The standard InChI is InChI=1S/C21H21FN2O/c1-2-16-6-8-19(9-7-16)24-12-13-25-21(24)17-10-11-23(15-17)20-5-3-4-18(22)14-20/h3-11,14-15,21H,2,12-13H2,1H3/t21-/m1/s1. The highest BCUT2D eigenvalue weighted by Gasteiger charge is 2.27. The van der Waals surface area contributed by atoms with Crippen LogP contribution in [0.5, 0.6) is 0 Å². The molecule has 0 bridgehead atoms. The summed E-state index contributed by atoms with van der Waals surface area (Å²) >= 11 is 0. The van der Waals surface area contributed by atoms with Crippen LogP contribution in [-0.4, -0.2) is 17.7 Å². The van der Waals surface area contributed by atoms with Crippen molar-refractivity contribution < 1.29 is 9.13 Å². The number of nitrogens with zero attached hydrogens (tertiary/aromatic N) is 2. The summed E-state index contributed by atoms with van der Waals surface area (Å²) in [6.07, 6.45) is 4.89. The van der Waals surface area contributed by atoms with Gasteiger partial charge >= 0.3 is 0 Å². The van der Waals surface area contributed by atoms with E-state index in [2.05, 4.69) is 36.1 Å². The minimum atomic E-state index is -0.234. The Balaban J connectivity index is 1.60. The fraction of sp³-hybridized carbons (Fsp3) is 0.238. The van der Waals surface area contributed by atoms with E-state index >= 15 is 0 Å². The Morgan fingerprint density at radius 1 is 1.08 bits per heavy atom. The van der Waals surface area contributed by atoms with Gasteiger partial charge in [0.1, 0.15) is 5.82 Å². The lowest BCUT2D eigenvalue weighted by molar-refractivity contribution is 0.114. The fourth-order valence-electron chi connectivity index (χ4n) is 3.29. The number of anilines is 1. The Hall–Kier alpha value is -2.59. The van der Waals surface area contributed by atoms with Crippen LogP contribution in [0.15, 0.2) is 67.0 Å². The van der Waals surface area contributed by atoms with Crippen LogP contribution >= 0.6 is 0 Å². The molecule has 4 rings (SSSR count). The Bertz CT molecular complexity index is 856. The molecular formula is C21H21FN2O. The third-order valence-corrected chi connectivity index (χ3v) is 4.67. The molecule has 1 aromatic heterocycles. The van der Waals surface area contributed by atoms with Crippen molar-refractivity contribution in [2.24, 2.45) is 0 Å². The molecule has 1 atom stereocenters. The van der Waals surface area contributed by atoms with Crippen molar-refractivity contribution in [1.29, 1.82) is 0 Å². The third kappa shape index (κ3) is 3.17. The molecule has 0 saturated carbocycles. The highest BCUT2D eigenvalue weighted by Crippen LogP contribution is 2.33. The Morgan fingerprint density at radius 3 is 2.68 bits per heavy atom. The average Bonchev–Trinajstić information content (AvgIpc) is 3.31. The van der Waals surface area contributed by atoms with E-state index in [1.807, 2.05) is 29.1 Å². The van der Waals surface area contributed by atoms with Crippen LogP contribution in [0.2, 0.25) is 0 Å². The van der Waals surface area contributed by atoms with Gasteiger partial charge in [0.15, 0.2) is 6.23 Å². The quantitative estimate of drug-likeness (QED) is 0.686. The number of hydrogen-bond acceptors (Lipinski definition) is 2. The van der Waals surface area contributed by atoms with Gasteiger partial charge in [-0.3, -0.25) is 0 Å². The molecule has 128 valence electrons. The van der Waals surface area contributed by atoms with E-state index in [1.165, 1.54) is 23.4 Å². The molecule has 3 aromatic rings. The molecule has 3 nitrogen and oxygen atoms in total. The minimum Gasteiger partial charge on any atom is -0.352 e. The molecule has 0 aliphatic carbocycles. The third-order valence-electron chi connectivity index (χ3n) is 4.67. The van der Waals surface area contributed by atoms with Crippen molar-refractivity contribution >= 4 is 5.69 Å². The summed E-state index contributed by atoms with van der Waals surface area (Å²) in [5.74, 6) is -0.234. The van der Waals surface area contributed by atoms with E-state index in [9.17, 15) is 4.39 Å². The predicted molar refractivity (Wildman–Crippen MR) is 97.6 cm³/mol. The largest absolute Gasteiger partial charge is 0.352 e. The molecule has 0 N–H and O–H groups in total. The number of halogens is 1. The molecular weight excluding hydrogens is 315 g/mol. The van der Waals surface area contributed by atoms with E-state index in [1.54, 1.807) is 6.07 Å². The Kier molecular flexibility index (Phi) is 4.28. The first kappa shape index (κ1) is 15.9.